The van der Waals surface area contributed by atoms with Gasteiger partial charge in [0.05, 0.1) is 0 Å². The van der Waals surface area contributed by atoms with Crippen molar-refractivity contribution in [1.29, 1.82) is 0 Å². The van der Waals surface area contributed by atoms with Gasteiger partial charge in [-0.3, -0.25) is 0 Å². The fourth-order valence-electron chi connectivity index (χ4n) is 1.08. The minimum absolute atomic E-state index is 0.571. The molecule has 0 amide bonds. The van der Waals surface area contributed by atoms with E-state index in [0.29, 0.717) is 6.04 Å². The summed E-state index contributed by atoms with van der Waals surface area (Å²) < 4.78 is 0. The molecule has 0 rings (SSSR count). The molecule has 68 valence electrons. The Kier molecular flexibility index (Phi) is 7.12. The highest BCUT2D eigenvalue weighted by atomic mass is 32.2. The topological polar surface area (TPSA) is 29.3 Å². The van der Waals surface area contributed by atoms with Crippen LogP contribution in [0.3, 0.4) is 0 Å². The van der Waals surface area contributed by atoms with Crippen LogP contribution in [0.25, 0.3) is 0 Å². The summed E-state index contributed by atoms with van der Waals surface area (Å²) in [7, 11) is 2.15. The zero-order chi connectivity index (χ0) is 8.69. The number of nitrogens with zero attached hydrogens (tertiary/aromatic N) is 1. The fraction of sp³-hybridized carbons (Fsp3) is 1.00. The number of rotatable bonds is 6. The third kappa shape index (κ3) is 4.67. The summed E-state index contributed by atoms with van der Waals surface area (Å²) in [6.45, 7) is 4.12. The van der Waals surface area contributed by atoms with Crippen LogP contribution in [0.5, 0.6) is 0 Å². The second-order valence-electron chi connectivity index (χ2n) is 2.77. The highest BCUT2D eigenvalue weighted by Gasteiger charge is 2.08. The molecule has 0 aromatic carbocycles. The van der Waals surface area contributed by atoms with Crippen LogP contribution in [0.1, 0.15) is 13.3 Å². The summed E-state index contributed by atoms with van der Waals surface area (Å²) in [4.78, 5) is 2.34. The molecule has 0 saturated carbocycles. The van der Waals surface area contributed by atoms with Crippen molar-refractivity contribution in [3.8, 4) is 0 Å². The van der Waals surface area contributed by atoms with E-state index in [1.54, 1.807) is 0 Å². The minimum Gasteiger partial charge on any atom is -0.329 e. The standard InChI is InChI=1S/C8H20N2S/c1-4-8(7-9)10(2)5-6-11-3/h8H,4-7,9H2,1-3H3. The van der Waals surface area contributed by atoms with Crippen molar-refractivity contribution in [1.82, 2.24) is 4.90 Å². The number of likely N-dealkylation sites (N-methyl/N-ethyl adjacent to an activating group) is 1. The van der Waals surface area contributed by atoms with Crippen molar-refractivity contribution in [2.75, 3.05) is 32.1 Å². The van der Waals surface area contributed by atoms with Crippen LogP contribution < -0.4 is 5.73 Å². The Morgan fingerprint density at radius 1 is 1.55 bits per heavy atom. The molecule has 2 nitrogen and oxygen atoms in total. The predicted molar refractivity (Wildman–Crippen MR) is 54.1 cm³/mol. The van der Waals surface area contributed by atoms with E-state index >= 15 is 0 Å². The van der Waals surface area contributed by atoms with Gasteiger partial charge in [-0.25, -0.2) is 0 Å². The van der Waals surface area contributed by atoms with E-state index in [1.165, 1.54) is 5.75 Å². The van der Waals surface area contributed by atoms with Crippen LogP contribution >= 0.6 is 11.8 Å². The molecule has 11 heavy (non-hydrogen) atoms. The quantitative estimate of drug-likeness (QED) is 0.655. The SMILES string of the molecule is CCC(CN)N(C)CCSC. The van der Waals surface area contributed by atoms with Gasteiger partial charge in [-0.1, -0.05) is 6.92 Å². The molecule has 0 aliphatic heterocycles. The van der Waals surface area contributed by atoms with Gasteiger partial charge < -0.3 is 10.6 Å². The Labute approximate surface area is 74.5 Å². The maximum Gasteiger partial charge on any atom is 0.0213 e. The number of nitrogens with two attached hydrogens (primary N) is 1. The lowest BCUT2D eigenvalue weighted by molar-refractivity contribution is 0.255. The van der Waals surface area contributed by atoms with Gasteiger partial charge in [0.25, 0.3) is 0 Å². The molecule has 3 heteroatoms. The highest BCUT2D eigenvalue weighted by molar-refractivity contribution is 7.98. The van der Waals surface area contributed by atoms with Crippen LogP contribution in [-0.4, -0.2) is 43.1 Å². The Morgan fingerprint density at radius 2 is 2.18 bits per heavy atom. The summed E-state index contributed by atoms with van der Waals surface area (Å²) in [6, 6.07) is 0.571. The number of hydrogen-bond acceptors (Lipinski definition) is 3. The van der Waals surface area contributed by atoms with Crippen LogP contribution in [0.15, 0.2) is 0 Å². The molecule has 0 fully saturated rings. The average Bonchev–Trinajstić information content (AvgIpc) is 2.03. The molecular formula is C8H20N2S. The molecule has 0 spiro atoms. The van der Waals surface area contributed by atoms with Crippen molar-refractivity contribution < 1.29 is 0 Å². The average molecular weight is 176 g/mol. The van der Waals surface area contributed by atoms with Gasteiger partial charge in [0.2, 0.25) is 0 Å². The molecule has 1 unspecified atom stereocenters. The van der Waals surface area contributed by atoms with E-state index in [1.807, 2.05) is 11.8 Å². The molecule has 0 radical (unpaired) electrons. The fourth-order valence-corrected chi connectivity index (χ4v) is 1.55. The zero-order valence-electron chi connectivity index (χ0n) is 7.84. The summed E-state index contributed by atoms with van der Waals surface area (Å²) >= 11 is 1.89. The van der Waals surface area contributed by atoms with E-state index in [0.717, 1.165) is 19.5 Å². The molecule has 0 bridgehead atoms. The van der Waals surface area contributed by atoms with Crippen LogP contribution in [0, 0.1) is 0 Å². The van der Waals surface area contributed by atoms with Gasteiger partial charge in [-0.05, 0) is 19.7 Å². The zero-order valence-corrected chi connectivity index (χ0v) is 8.66. The third-order valence-corrected chi connectivity index (χ3v) is 2.61. The first-order chi connectivity index (χ1) is 5.26. The normalized spacial score (nSPS) is 13.9. The highest BCUT2D eigenvalue weighted by Crippen LogP contribution is 2.01. The van der Waals surface area contributed by atoms with E-state index in [2.05, 4.69) is 25.1 Å². The largest absolute Gasteiger partial charge is 0.329 e. The maximum atomic E-state index is 5.61. The lowest BCUT2D eigenvalue weighted by atomic mass is 10.2. The molecular weight excluding hydrogens is 156 g/mol. The molecule has 0 aliphatic carbocycles. The molecule has 0 aliphatic rings. The van der Waals surface area contributed by atoms with Crippen molar-refractivity contribution in [2.24, 2.45) is 5.73 Å². The smallest absolute Gasteiger partial charge is 0.0213 e. The Hall–Kier alpha value is 0.270. The van der Waals surface area contributed by atoms with Gasteiger partial charge in [-0.2, -0.15) is 11.8 Å². The molecule has 1 atom stereocenters. The van der Waals surface area contributed by atoms with E-state index in [-0.39, 0.29) is 0 Å². The first-order valence-electron chi connectivity index (χ1n) is 4.15. The van der Waals surface area contributed by atoms with E-state index in [4.69, 9.17) is 5.73 Å². The Morgan fingerprint density at radius 3 is 2.55 bits per heavy atom. The minimum atomic E-state index is 0.571. The molecule has 2 N–H and O–H groups in total. The van der Waals surface area contributed by atoms with Crippen LogP contribution in [0.2, 0.25) is 0 Å². The first-order valence-corrected chi connectivity index (χ1v) is 5.54. The van der Waals surface area contributed by atoms with Gasteiger partial charge in [0.1, 0.15) is 0 Å². The summed E-state index contributed by atoms with van der Waals surface area (Å²) in [6.07, 6.45) is 3.29. The van der Waals surface area contributed by atoms with Crippen molar-refractivity contribution in [3.05, 3.63) is 0 Å². The van der Waals surface area contributed by atoms with Crippen molar-refractivity contribution in [2.45, 2.75) is 19.4 Å². The van der Waals surface area contributed by atoms with Gasteiger partial charge in [-0.15, -0.1) is 0 Å². The Balaban J connectivity index is 3.51. The summed E-state index contributed by atoms with van der Waals surface area (Å²) in [5.41, 5.74) is 5.61. The van der Waals surface area contributed by atoms with Gasteiger partial charge >= 0.3 is 0 Å². The Bertz CT molecular complexity index is 84.2. The monoisotopic (exact) mass is 176 g/mol. The molecule has 0 aromatic heterocycles. The maximum absolute atomic E-state index is 5.61. The van der Waals surface area contributed by atoms with Crippen molar-refractivity contribution >= 4 is 11.8 Å². The van der Waals surface area contributed by atoms with E-state index < -0.39 is 0 Å². The van der Waals surface area contributed by atoms with Crippen LogP contribution in [0.4, 0.5) is 0 Å². The summed E-state index contributed by atoms with van der Waals surface area (Å²) in [5.74, 6) is 1.20. The van der Waals surface area contributed by atoms with Gasteiger partial charge in [0.15, 0.2) is 0 Å². The lowest BCUT2D eigenvalue weighted by Crippen LogP contribution is -2.38. The first kappa shape index (κ1) is 11.3. The summed E-state index contributed by atoms with van der Waals surface area (Å²) in [5, 5.41) is 0. The lowest BCUT2D eigenvalue weighted by Gasteiger charge is -2.25. The number of hydrogen-bond donors (Lipinski definition) is 1. The molecule has 0 heterocycles. The molecule has 0 saturated heterocycles. The van der Waals surface area contributed by atoms with Crippen LogP contribution in [-0.2, 0) is 0 Å². The second kappa shape index (κ2) is 6.95. The predicted octanol–water partition coefficient (Wildman–Crippen LogP) is 1.02. The third-order valence-electron chi connectivity index (χ3n) is 2.01. The van der Waals surface area contributed by atoms with Gasteiger partial charge in [0, 0.05) is 24.9 Å². The molecule has 0 aromatic rings. The van der Waals surface area contributed by atoms with Crippen molar-refractivity contribution in [3.63, 3.8) is 0 Å². The van der Waals surface area contributed by atoms with E-state index in [9.17, 15) is 0 Å². The number of thioether (sulfide) groups is 1. The second-order valence-corrected chi connectivity index (χ2v) is 3.76.